The largest absolute Gasteiger partial charge is 0.392 e. The van der Waals surface area contributed by atoms with Crippen LogP contribution in [0.1, 0.15) is 77.6 Å². The molecule has 0 bridgehead atoms. The Bertz CT molecular complexity index is 355. The minimum atomic E-state index is -0.318. The van der Waals surface area contributed by atoms with Crippen LogP contribution < -0.4 is 5.73 Å². The molecule has 0 amide bonds. The molecule has 0 aromatic rings. The Labute approximate surface area is 150 Å². The third-order valence-corrected chi connectivity index (χ3v) is 3.89. The van der Waals surface area contributed by atoms with E-state index >= 15 is 0 Å². The van der Waals surface area contributed by atoms with E-state index in [2.05, 4.69) is 55.5 Å². The molecule has 0 aromatic carbocycles. The Kier molecular flexibility index (Phi) is 19.0. The van der Waals surface area contributed by atoms with Crippen molar-refractivity contribution >= 4 is 0 Å². The van der Waals surface area contributed by atoms with Crippen LogP contribution in [0.2, 0.25) is 0 Å². The topological polar surface area (TPSA) is 46.2 Å². The molecule has 0 fully saturated rings. The lowest BCUT2D eigenvalue weighted by Gasteiger charge is -2.05. The van der Waals surface area contributed by atoms with E-state index in [0.29, 0.717) is 6.54 Å². The molecule has 0 aromatic heterocycles. The summed E-state index contributed by atoms with van der Waals surface area (Å²) in [6, 6.07) is 0. The molecule has 1 unspecified atom stereocenters. The highest BCUT2D eigenvalue weighted by atomic mass is 16.3. The van der Waals surface area contributed by atoms with Gasteiger partial charge in [-0.05, 0) is 51.4 Å². The maximum Gasteiger partial charge on any atom is 0.0662 e. The molecule has 0 radical (unpaired) electrons. The zero-order valence-corrected chi connectivity index (χ0v) is 15.7. The SMILES string of the molecule is CCCCCC=CCC=CCC=CCC=CCCCCC(O)CN. The summed E-state index contributed by atoms with van der Waals surface area (Å²) in [5.41, 5.74) is 5.37. The van der Waals surface area contributed by atoms with Crippen molar-refractivity contribution in [3.05, 3.63) is 48.6 Å². The molecule has 24 heavy (non-hydrogen) atoms. The van der Waals surface area contributed by atoms with E-state index in [1.807, 2.05) is 0 Å². The van der Waals surface area contributed by atoms with Gasteiger partial charge in [-0.2, -0.15) is 0 Å². The van der Waals surface area contributed by atoms with Crippen molar-refractivity contribution < 1.29 is 5.11 Å². The van der Waals surface area contributed by atoms with Crippen LogP contribution in [0.25, 0.3) is 0 Å². The summed E-state index contributed by atoms with van der Waals surface area (Å²) in [6.45, 7) is 2.62. The smallest absolute Gasteiger partial charge is 0.0662 e. The van der Waals surface area contributed by atoms with Crippen LogP contribution in [0.15, 0.2) is 48.6 Å². The van der Waals surface area contributed by atoms with Gasteiger partial charge in [-0.25, -0.2) is 0 Å². The molecule has 0 heterocycles. The first-order chi connectivity index (χ1) is 11.8. The van der Waals surface area contributed by atoms with Gasteiger partial charge >= 0.3 is 0 Å². The average Bonchev–Trinajstić information content (AvgIpc) is 2.60. The first-order valence-electron chi connectivity index (χ1n) is 9.79. The second-order valence-electron chi connectivity index (χ2n) is 6.26. The molecular weight excluding hydrogens is 294 g/mol. The number of aliphatic hydroxyl groups excluding tert-OH is 1. The van der Waals surface area contributed by atoms with E-state index < -0.39 is 0 Å². The van der Waals surface area contributed by atoms with Gasteiger partial charge in [0.1, 0.15) is 0 Å². The third kappa shape index (κ3) is 18.9. The highest BCUT2D eigenvalue weighted by Gasteiger charge is 1.98. The van der Waals surface area contributed by atoms with Gasteiger partial charge in [0, 0.05) is 6.54 Å². The Morgan fingerprint density at radius 1 is 0.708 bits per heavy atom. The molecule has 0 saturated heterocycles. The molecule has 0 aliphatic carbocycles. The maximum absolute atomic E-state index is 9.33. The van der Waals surface area contributed by atoms with Crippen LogP contribution in [0.3, 0.4) is 0 Å². The van der Waals surface area contributed by atoms with Gasteiger partial charge in [-0.15, -0.1) is 0 Å². The monoisotopic (exact) mass is 333 g/mol. The van der Waals surface area contributed by atoms with Crippen LogP contribution in [-0.4, -0.2) is 17.8 Å². The van der Waals surface area contributed by atoms with Crippen LogP contribution in [-0.2, 0) is 0 Å². The number of unbranched alkanes of at least 4 members (excludes halogenated alkanes) is 5. The first kappa shape index (κ1) is 22.9. The van der Waals surface area contributed by atoms with Crippen LogP contribution in [0, 0.1) is 0 Å². The summed E-state index contributed by atoms with van der Waals surface area (Å²) in [5.74, 6) is 0. The predicted molar refractivity (Wildman–Crippen MR) is 108 cm³/mol. The number of rotatable bonds is 16. The molecule has 3 N–H and O–H groups in total. The lowest BCUT2D eigenvalue weighted by atomic mass is 10.1. The highest BCUT2D eigenvalue weighted by Crippen LogP contribution is 2.04. The Hall–Kier alpha value is -1.12. The van der Waals surface area contributed by atoms with Crippen molar-refractivity contribution in [2.24, 2.45) is 5.73 Å². The Morgan fingerprint density at radius 3 is 1.62 bits per heavy atom. The quantitative estimate of drug-likeness (QED) is 0.275. The van der Waals surface area contributed by atoms with E-state index in [-0.39, 0.29) is 6.10 Å². The standard InChI is InChI=1S/C22H39NO/c1-2-3-4-5-6-7-8-9-10-11-12-13-14-15-16-17-18-19-20-22(24)21-23/h6-7,9-10,12-13,15-16,22,24H,2-5,8,11,14,17-21,23H2,1H3. The van der Waals surface area contributed by atoms with Crippen molar-refractivity contribution in [2.45, 2.75) is 83.7 Å². The molecule has 0 saturated carbocycles. The second kappa shape index (κ2) is 19.9. The molecular formula is C22H39NO. The molecule has 0 aliphatic rings. The summed E-state index contributed by atoms with van der Waals surface area (Å²) in [4.78, 5) is 0. The maximum atomic E-state index is 9.33. The van der Waals surface area contributed by atoms with E-state index in [1.54, 1.807) is 0 Å². The van der Waals surface area contributed by atoms with Crippen molar-refractivity contribution in [2.75, 3.05) is 6.54 Å². The minimum Gasteiger partial charge on any atom is -0.392 e. The molecule has 0 rings (SSSR count). The van der Waals surface area contributed by atoms with Gasteiger partial charge in [0.15, 0.2) is 0 Å². The summed E-state index contributed by atoms with van der Waals surface area (Å²) < 4.78 is 0. The predicted octanol–water partition coefficient (Wildman–Crippen LogP) is 5.84. The fourth-order valence-electron chi connectivity index (χ4n) is 2.32. The Morgan fingerprint density at radius 2 is 1.17 bits per heavy atom. The summed E-state index contributed by atoms with van der Waals surface area (Å²) in [5, 5.41) is 9.33. The van der Waals surface area contributed by atoms with Crippen molar-refractivity contribution in [3.63, 3.8) is 0 Å². The van der Waals surface area contributed by atoms with Gasteiger partial charge in [-0.1, -0.05) is 74.8 Å². The number of allylic oxidation sites excluding steroid dienone is 8. The lowest BCUT2D eigenvalue weighted by molar-refractivity contribution is 0.169. The zero-order valence-electron chi connectivity index (χ0n) is 15.7. The van der Waals surface area contributed by atoms with E-state index in [0.717, 1.165) is 44.9 Å². The molecule has 2 nitrogen and oxygen atoms in total. The summed E-state index contributed by atoms with van der Waals surface area (Å²) in [7, 11) is 0. The van der Waals surface area contributed by atoms with E-state index in [9.17, 15) is 5.11 Å². The minimum absolute atomic E-state index is 0.318. The van der Waals surface area contributed by atoms with Gasteiger partial charge in [0.2, 0.25) is 0 Å². The first-order valence-corrected chi connectivity index (χ1v) is 9.79. The second-order valence-corrected chi connectivity index (χ2v) is 6.26. The highest BCUT2D eigenvalue weighted by molar-refractivity contribution is 4.99. The number of nitrogens with two attached hydrogens (primary N) is 1. The third-order valence-electron chi connectivity index (χ3n) is 3.89. The van der Waals surface area contributed by atoms with Crippen molar-refractivity contribution in [1.29, 1.82) is 0 Å². The normalized spacial score (nSPS) is 14.0. The van der Waals surface area contributed by atoms with Crippen molar-refractivity contribution in [3.8, 4) is 0 Å². The van der Waals surface area contributed by atoms with Crippen LogP contribution in [0.5, 0.6) is 0 Å². The molecule has 1 atom stereocenters. The van der Waals surface area contributed by atoms with E-state index in [1.165, 1.54) is 25.7 Å². The number of hydrogen-bond donors (Lipinski definition) is 2. The molecule has 138 valence electrons. The molecule has 0 spiro atoms. The summed E-state index contributed by atoms with van der Waals surface area (Å²) >= 11 is 0. The number of aliphatic hydroxyl groups is 1. The van der Waals surface area contributed by atoms with Gasteiger partial charge < -0.3 is 10.8 Å². The number of hydrogen-bond acceptors (Lipinski definition) is 2. The molecule has 2 heteroatoms. The van der Waals surface area contributed by atoms with Gasteiger partial charge in [0.05, 0.1) is 6.10 Å². The van der Waals surface area contributed by atoms with Crippen LogP contribution in [0.4, 0.5) is 0 Å². The van der Waals surface area contributed by atoms with Crippen LogP contribution >= 0.6 is 0 Å². The fraction of sp³-hybridized carbons (Fsp3) is 0.636. The van der Waals surface area contributed by atoms with Gasteiger partial charge in [0.25, 0.3) is 0 Å². The zero-order chi connectivity index (χ0) is 17.7. The molecule has 0 aliphatic heterocycles. The van der Waals surface area contributed by atoms with Crippen molar-refractivity contribution in [1.82, 2.24) is 0 Å². The van der Waals surface area contributed by atoms with E-state index in [4.69, 9.17) is 5.73 Å². The lowest BCUT2D eigenvalue weighted by Crippen LogP contribution is -2.19. The fourth-order valence-corrected chi connectivity index (χ4v) is 2.32. The summed E-state index contributed by atoms with van der Waals surface area (Å²) in [6.07, 6.45) is 30.0. The average molecular weight is 334 g/mol. The Balaban J connectivity index is 3.39. The van der Waals surface area contributed by atoms with Gasteiger partial charge in [-0.3, -0.25) is 0 Å².